The number of ether oxygens (including phenoxy) is 2. The highest BCUT2D eigenvalue weighted by molar-refractivity contribution is 7.71. The first kappa shape index (κ1) is 15.4. The van der Waals surface area contributed by atoms with Crippen molar-refractivity contribution in [2.45, 2.75) is 31.4 Å². The zero-order valence-corrected chi connectivity index (χ0v) is 13.7. The van der Waals surface area contributed by atoms with Gasteiger partial charge in [-0.2, -0.15) is 5.10 Å². The van der Waals surface area contributed by atoms with Crippen LogP contribution in [0.2, 0.25) is 0 Å². The van der Waals surface area contributed by atoms with Gasteiger partial charge in [-0.05, 0) is 24.4 Å². The lowest BCUT2D eigenvalue weighted by Crippen LogP contribution is -2.37. The Hall–Kier alpha value is -2.16. The van der Waals surface area contributed by atoms with Crippen molar-refractivity contribution in [3.63, 3.8) is 0 Å². The Morgan fingerprint density at radius 2 is 2.38 bits per heavy atom. The molecular weight excluding hydrogens is 328 g/mol. The molecule has 4 heterocycles. The van der Waals surface area contributed by atoms with E-state index in [4.69, 9.17) is 21.7 Å². The summed E-state index contributed by atoms with van der Waals surface area (Å²) in [7, 11) is 0. The van der Waals surface area contributed by atoms with Crippen LogP contribution in [-0.4, -0.2) is 44.1 Å². The van der Waals surface area contributed by atoms with Gasteiger partial charge in [0.1, 0.15) is 6.10 Å². The fraction of sp³-hybridized carbons (Fsp3) is 0.375. The van der Waals surface area contributed by atoms with Crippen LogP contribution in [-0.2, 0) is 20.8 Å². The number of pyridine rings is 1. The number of Topliss-reactive ketones (excluding diaryl/α,β-unsaturated/α-hetero) is 1. The first-order chi connectivity index (χ1) is 11.7. The third-order valence-electron chi connectivity index (χ3n) is 4.24. The van der Waals surface area contributed by atoms with Crippen molar-refractivity contribution in [2.75, 3.05) is 6.61 Å². The van der Waals surface area contributed by atoms with Crippen LogP contribution in [0.4, 0.5) is 0 Å². The zero-order chi connectivity index (χ0) is 16.7. The number of nitrogens with zero attached hydrogens (tertiary/aromatic N) is 4. The van der Waals surface area contributed by atoms with E-state index < -0.39 is 6.29 Å². The summed E-state index contributed by atoms with van der Waals surface area (Å²) in [6.45, 7) is 4.68. The molecule has 8 heteroatoms. The average molecular weight is 344 g/mol. The maximum absolute atomic E-state index is 12.1. The summed E-state index contributed by atoms with van der Waals surface area (Å²) in [6, 6.07) is 3.51. The van der Waals surface area contributed by atoms with Crippen LogP contribution in [0.15, 0.2) is 37.2 Å². The molecule has 2 aromatic rings. The molecule has 0 aliphatic carbocycles. The number of carbonyl (C=O) groups is 1. The van der Waals surface area contributed by atoms with Crippen molar-refractivity contribution in [2.24, 2.45) is 0 Å². The van der Waals surface area contributed by atoms with Gasteiger partial charge in [-0.25, -0.2) is 4.68 Å². The Balaban J connectivity index is 1.81. The van der Waals surface area contributed by atoms with E-state index in [0.29, 0.717) is 30.2 Å². The van der Waals surface area contributed by atoms with Gasteiger partial charge in [0.05, 0.1) is 12.6 Å². The van der Waals surface area contributed by atoms with Crippen LogP contribution in [0.1, 0.15) is 12.5 Å². The van der Waals surface area contributed by atoms with Crippen LogP contribution >= 0.6 is 12.2 Å². The van der Waals surface area contributed by atoms with Gasteiger partial charge in [-0.3, -0.25) is 14.3 Å². The average Bonchev–Trinajstić information content (AvgIpc) is 3.17. The van der Waals surface area contributed by atoms with E-state index in [2.05, 4.69) is 16.7 Å². The first-order valence-electron chi connectivity index (χ1n) is 7.69. The molecule has 0 unspecified atom stereocenters. The monoisotopic (exact) mass is 344 g/mol. The molecule has 2 bridgehead atoms. The Bertz CT molecular complexity index is 845. The third kappa shape index (κ3) is 2.43. The second-order valence-corrected chi connectivity index (χ2v) is 6.13. The summed E-state index contributed by atoms with van der Waals surface area (Å²) in [5.74, 6) is 0.623. The number of allylic oxidation sites excluding steroid dienone is 1. The molecule has 2 aromatic heterocycles. The fourth-order valence-electron chi connectivity index (χ4n) is 3.10. The summed E-state index contributed by atoms with van der Waals surface area (Å²) in [4.78, 5) is 16.2. The molecule has 0 radical (unpaired) electrons. The minimum atomic E-state index is -0.728. The molecule has 0 aromatic carbocycles. The molecular formula is C16H16N4O3S. The van der Waals surface area contributed by atoms with E-state index in [9.17, 15) is 4.79 Å². The van der Waals surface area contributed by atoms with Crippen molar-refractivity contribution in [1.29, 1.82) is 0 Å². The van der Waals surface area contributed by atoms with Gasteiger partial charge in [0.2, 0.25) is 6.29 Å². The Kier molecular flexibility index (Phi) is 3.87. The highest BCUT2D eigenvalue weighted by Gasteiger charge is 2.45. The lowest BCUT2D eigenvalue weighted by molar-refractivity contribution is -0.156. The molecule has 0 N–H and O–H groups in total. The van der Waals surface area contributed by atoms with Crippen LogP contribution in [0.5, 0.6) is 0 Å². The van der Waals surface area contributed by atoms with Crippen molar-refractivity contribution in [3.05, 3.63) is 42.0 Å². The van der Waals surface area contributed by atoms with Crippen molar-refractivity contribution in [3.8, 4) is 11.4 Å². The van der Waals surface area contributed by atoms with Crippen molar-refractivity contribution in [1.82, 2.24) is 19.3 Å². The highest BCUT2D eigenvalue weighted by Crippen LogP contribution is 2.33. The second kappa shape index (κ2) is 6.04. The molecule has 2 saturated heterocycles. The molecule has 2 aliphatic heterocycles. The molecule has 0 amide bonds. The third-order valence-corrected chi connectivity index (χ3v) is 4.65. The maximum Gasteiger partial charge on any atom is 0.218 e. The lowest BCUT2D eigenvalue weighted by Gasteiger charge is -2.26. The van der Waals surface area contributed by atoms with Gasteiger partial charge in [0.15, 0.2) is 16.4 Å². The quantitative estimate of drug-likeness (QED) is 0.623. The summed E-state index contributed by atoms with van der Waals surface area (Å²) >= 11 is 5.60. The first-order valence-corrected chi connectivity index (χ1v) is 8.10. The van der Waals surface area contributed by atoms with Gasteiger partial charge in [0, 0.05) is 30.9 Å². The molecule has 4 rings (SSSR count). The zero-order valence-electron chi connectivity index (χ0n) is 12.9. The molecule has 0 saturated carbocycles. The maximum atomic E-state index is 12.1. The van der Waals surface area contributed by atoms with Crippen molar-refractivity contribution < 1.29 is 14.3 Å². The topological polar surface area (TPSA) is 71.2 Å². The van der Waals surface area contributed by atoms with Crippen LogP contribution < -0.4 is 0 Å². The summed E-state index contributed by atoms with van der Waals surface area (Å²) < 4.78 is 15.1. The number of hydrogen-bond acceptors (Lipinski definition) is 6. The number of aromatic nitrogens is 4. The number of rotatable bonds is 4. The molecule has 24 heavy (non-hydrogen) atoms. The smallest absolute Gasteiger partial charge is 0.218 e. The Labute approximate surface area is 143 Å². The summed E-state index contributed by atoms with van der Waals surface area (Å²) in [5.41, 5.74) is 0.854. The Morgan fingerprint density at radius 1 is 1.50 bits per heavy atom. The van der Waals surface area contributed by atoms with Gasteiger partial charge < -0.3 is 9.47 Å². The number of ketones is 1. The van der Waals surface area contributed by atoms with Crippen LogP contribution in [0.25, 0.3) is 11.4 Å². The van der Waals surface area contributed by atoms with E-state index in [0.717, 1.165) is 5.56 Å². The lowest BCUT2D eigenvalue weighted by atomic mass is 10.0. The van der Waals surface area contributed by atoms with Crippen molar-refractivity contribution >= 4 is 18.0 Å². The van der Waals surface area contributed by atoms with Gasteiger partial charge in [-0.15, -0.1) is 6.58 Å². The van der Waals surface area contributed by atoms with Crippen LogP contribution in [0, 0.1) is 4.77 Å². The fourth-order valence-corrected chi connectivity index (χ4v) is 3.44. The molecule has 7 nitrogen and oxygen atoms in total. The number of carbonyl (C=O) groups excluding carboxylic acids is 1. The minimum absolute atomic E-state index is 0.0724. The molecule has 0 spiro atoms. The van der Waals surface area contributed by atoms with Gasteiger partial charge in [0.25, 0.3) is 0 Å². The molecule has 2 fully saturated rings. The number of fused-ring (bicyclic) bond motifs is 2. The highest BCUT2D eigenvalue weighted by atomic mass is 32.1. The van der Waals surface area contributed by atoms with E-state index in [1.807, 2.05) is 16.7 Å². The van der Waals surface area contributed by atoms with Crippen LogP contribution in [0.3, 0.4) is 0 Å². The van der Waals surface area contributed by atoms with E-state index in [-0.39, 0.29) is 17.9 Å². The van der Waals surface area contributed by atoms with E-state index in [1.165, 1.54) is 0 Å². The normalized spacial score (nSPS) is 25.8. The van der Waals surface area contributed by atoms with Gasteiger partial charge >= 0.3 is 0 Å². The molecule has 3 atom stereocenters. The standard InChI is InChI=1S/C16H16N4O3S/c1-2-6-19-14(10-4-3-5-17-8-10)18-20(16(19)24)11-7-12(21)15-22-9-13(11)23-15/h2-5,8,11,13,15H,1,6-7,9H2/t11-,13+,15+/m1/s1. The minimum Gasteiger partial charge on any atom is -0.343 e. The summed E-state index contributed by atoms with van der Waals surface area (Å²) in [6.07, 6.45) is 4.57. The second-order valence-electron chi connectivity index (χ2n) is 5.77. The predicted molar refractivity (Wildman–Crippen MR) is 87.8 cm³/mol. The molecule has 2 aliphatic rings. The summed E-state index contributed by atoms with van der Waals surface area (Å²) in [5, 5.41) is 4.67. The SMILES string of the molecule is C=CCn1c(-c2cccnc2)nn([C@@H]2CC(=O)[C@H]3OC[C@@H]2O3)c1=S. The van der Waals surface area contributed by atoms with Gasteiger partial charge in [-0.1, -0.05) is 6.08 Å². The van der Waals surface area contributed by atoms with E-state index in [1.54, 1.807) is 23.2 Å². The Morgan fingerprint density at radius 3 is 3.12 bits per heavy atom. The molecule has 124 valence electrons. The predicted octanol–water partition coefficient (Wildman–Crippen LogP) is 1.92. The largest absolute Gasteiger partial charge is 0.343 e. The van der Waals surface area contributed by atoms with E-state index >= 15 is 0 Å². The number of hydrogen-bond donors (Lipinski definition) is 0.